The first-order valence-electron chi connectivity index (χ1n) is 6.66. The summed E-state index contributed by atoms with van der Waals surface area (Å²) in [6.45, 7) is 5.74. The molecule has 1 aromatic rings. The van der Waals surface area contributed by atoms with Crippen LogP contribution in [0.25, 0.3) is 0 Å². The zero-order chi connectivity index (χ0) is 14.3. The molecule has 0 saturated carbocycles. The van der Waals surface area contributed by atoms with Gasteiger partial charge in [0.25, 0.3) is 0 Å². The predicted octanol–water partition coefficient (Wildman–Crippen LogP) is 2.35. The number of halogens is 1. The summed E-state index contributed by atoms with van der Waals surface area (Å²) in [5, 5.41) is 2.43. The van der Waals surface area contributed by atoms with Crippen molar-refractivity contribution in [2.45, 2.75) is 26.7 Å². The lowest BCUT2D eigenvalue weighted by Gasteiger charge is -2.23. The maximum Gasteiger partial charge on any atom is 0.238 e. The first-order chi connectivity index (χ1) is 9.12. The highest BCUT2D eigenvalue weighted by Crippen LogP contribution is 2.22. The summed E-state index contributed by atoms with van der Waals surface area (Å²) < 4.78 is 13.9. The van der Waals surface area contributed by atoms with Crippen LogP contribution in [0.5, 0.6) is 0 Å². The van der Waals surface area contributed by atoms with Crippen molar-refractivity contribution in [3.63, 3.8) is 0 Å². The average molecular weight is 267 g/mol. The van der Waals surface area contributed by atoms with E-state index in [9.17, 15) is 9.18 Å². The molecule has 0 aromatic heterocycles. The van der Waals surface area contributed by atoms with Crippen LogP contribution < -0.4 is 16.0 Å². The van der Waals surface area contributed by atoms with Crippen LogP contribution >= 0.6 is 0 Å². The van der Waals surface area contributed by atoms with Crippen molar-refractivity contribution in [1.82, 2.24) is 0 Å². The third-order valence-corrected chi connectivity index (χ3v) is 2.94. The quantitative estimate of drug-likeness (QED) is 0.797. The second-order valence-electron chi connectivity index (χ2n) is 4.35. The second-order valence-corrected chi connectivity index (χ2v) is 4.35. The number of hydrogen-bond donors (Lipinski definition) is 2. The minimum Gasteiger partial charge on any atom is -0.372 e. The Labute approximate surface area is 113 Å². The van der Waals surface area contributed by atoms with Gasteiger partial charge in [-0.05, 0) is 31.5 Å². The van der Waals surface area contributed by atoms with Crippen LogP contribution in [0, 0.1) is 5.82 Å². The van der Waals surface area contributed by atoms with Crippen molar-refractivity contribution in [3.8, 4) is 0 Å². The number of carbonyl (C=O) groups is 1. The van der Waals surface area contributed by atoms with Gasteiger partial charge in [0.1, 0.15) is 5.82 Å². The summed E-state index contributed by atoms with van der Waals surface area (Å²) in [4.78, 5) is 13.2. The molecule has 0 unspecified atom stereocenters. The van der Waals surface area contributed by atoms with E-state index >= 15 is 0 Å². The molecule has 0 bridgehead atoms. The fourth-order valence-electron chi connectivity index (χ4n) is 1.82. The van der Waals surface area contributed by atoms with Gasteiger partial charge in [0.05, 0.1) is 12.2 Å². The molecule has 0 aliphatic rings. The van der Waals surface area contributed by atoms with E-state index in [2.05, 4.69) is 17.1 Å². The summed E-state index contributed by atoms with van der Waals surface area (Å²) in [5.74, 6) is -0.834. The Morgan fingerprint density at radius 3 is 2.68 bits per heavy atom. The summed E-state index contributed by atoms with van der Waals surface area (Å²) in [5.41, 5.74) is 6.19. The van der Waals surface area contributed by atoms with Crippen LogP contribution in [0.1, 0.15) is 26.7 Å². The Morgan fingerprint density at radius 1 is 1.42 bits per heavy atom. The maximum absolute atomic E-state index is 13.9. The number of rotatable bonds is 7. The average Bonchev–Trinajstić information content (AvgIpc) is 2.42. The molecule has 0 spiro atoms. The van der Waals surface area contributed by atoms with E-state index in [0.29, 0.717) is 0 Å². The number of nitrogens with zero attached hydrogens (tertiary/aromatic N) is 1. The number of nitrogens with one attached hydrogen (secondary N) is 1. The van der Waals surface area contributed by atoms with Crippen molar-refractivity contribution in [2.75, 3.05) is 29.9 Å². The Hall–Kier alpha value is -1.62. The molecule has 0 atom stereocenters. The number of anilines is 2. The van der Waals surface area contributed by atoms with Crippen molar-refractivity contribution in [3.05, 3.63) is 24.0 Å². The van der Waals surface area contributed by atoms with Gasteiger partial charge in [0.15, 0.2) is 0 Å². The number of benzene rings is 1. The molecule has 0 aliphatic carbocycles. The van der Waals surface area contributed by atoms with E-state index in [1.54, 1.807) is 6.07 Å². The van der Waals surface area contributed by atoms with Gasteiger partial charge >= 0.3 is 0 Å². The van der Waals surface area contributed by atoms with E-state index in [1.807, 2.05) is 13.0 Å². The molecule has 1 amide bonds. The van der Waals surface area contributed by atoms with Gasteiger partial charge in [-0.2, -0.15) is 0 Å². The highest BCUT2D eigenvalue weighted by Gasteiger charge is 2.09. The third kappa shape index (κ3) is 4.52. The van der Waals surface area contributed by atoms with E-state index in [-0.39, 0.29) is 12.2 Å². The van der Waals surface area contributed by atoms with Crippen molar-refractivity contribution < 1.29 is 9.18 Å². The summed E-state index contributed by atoms with van der Waals surface area (Å²) in [6.07, 6.45) is 2.17. The molecule has 0 radical (unpaired) electrons. The van der Waals surface area contributed by atoms with E-state index in [0.717, 1.165) is 31.6 Å². The van der Waals surface area contributed by atoms with Crippen LogP contribution in [-0.2, 0) is 4.79 Å². The van der Waals surface area contributed by atoms with Gasteiger partial charge < -0.3 is 16.0 Å². The first-order valence-corrected chi connectivity index (χ1v) is 6.66. The third-order valence-electron chi connectivity index (χ3n) is 2.94. The van der Waals surface area contributed by atoms with Crippen LogP contribution in [0.3, 0.4) is 0 Å². The molecule has 1 aromatic carbocycles. The molecule has 0 saturated heterocycles. The van der Waals surface area contributed by atoms with E-state index in [1.165, 1.54) is 6.07 Å². The summed E-state index contributed by atoms with van der Waals surface area (Å²) in [7, 11) is 0. The van der Waals surface area contributed by atoms with Crippen molar-refractivity contribution in [2.24, 2.45) is 5.73 Å². The summed E-state index contributed by atoms with van der Waals surface area (Å²) >= 11 is 0. The van der Waals surface area contributed by atoms with Crippen molar-refractivity contribution >= 4 is 17.3 Å². The van der Waals surface area contributed by atoms with Gasteiger partial charge in [0, 0.05) is 18.8 Å². The smallest absolute Gasteiger partial charge is 0.238 e. The first kappa shape index (κ1) is 15.4. The Morgan fingerprint density at radius 2 is 2.16 bits per heavy atom. The van der Waals surface area contributed by atoms with Gasteiger partial charge in [-0.15, -0.1) is 0 Å². The lowest BCUT2D eigenvalue weighted by molar-refractivity contribution is -0.114. The Kier molecular flexibility index (Phi) is 6.29. The van der Waals surface area contributed by atoms with Crippen LogP contribution in [-0.4, -0.2) is 25.5 Å². The molecule has 0 heterocycles. The number of unbranched alkanes of at least 4 members (excludes halogenated alkanes) is 1. The van der Waals surface area contributed by atoms with Gasteiger partial charge in [0.2, 0.25) is 5.91 Å². The van der Waals surface area contributed by atoms with Gasteiger partial charge in [-0.1, -0.05) is 13.3 Å². The summed E-state index contributed by atoms with van der Waals surface area (Å²) in [6, 6.07) is 4.84. The maximum atomic E-state index is 13.9. The predicted molar refractivity (Wildman–Crippen MR) is 76.9 cm³/mol. The molecule has 106 valence electrons. The van der Waals surface area contributed by atoms with Crippen LogP contribution in [0.4, 0.5) is 15.8 Å². The van der Waals surface area contributed by atoms with Crippen LogP contribution in [0.2, 0.25) is 0 Å². The molecule has 1 rings (SSSR count). The number of amides is 1. The Balaban J connectivity index is 2.82. The highest BCUT2D eigenvalue weighted by atomic mass is 19.1. The normalized spacial score (nSPS) is 10.3. The molecular formula is C14H22FN3O. The highest BCUT2D eigenvalue weighted by molar-refractivity contribution is 5.92. The second kappa shape index (κ2) is 7.74. The van der Waals surface area contributed by atoms with Crippen molar-refractivity contribution in [1.29, 1.82) is 0 Å². The van der Waals surface area contributed by atoms with Gasteiger partial charge in [-0.3, -0.25) is 4.79 Å². The minimum atomic E-state index is -0.436. The fraction of sp³-hybridized carbons (Fsp3) is 0.500. The molecule has 19 heavy (non-hydrogen) atoms. The van der Waals surface area contributed by atoms with E-state index in [4.69, 9.17) is 5.73 Å². The molecule has 0 aliphatic heterocycles. The largest absolute Gasteiger partial charge is 0.372 e. The molecule has 0 fully saturated rings. The van der Waals surface area contributed by atoms with E-state index < -0.39 is 11.7 Å². The van der Waals surface area contributed by atoms with Crippen LogP contribution in [0.15, 0.2) is 18.2 Å². The zero-order valence-corrected chi connectivity index (χ0v) is 11.6. The minimum absolute atomic E-state index is 0.154. The molecular weight excluding hydrogens is 245 g/mol. The van der Waals surface area contributed by atoms with Gasteiger partial charge in [-0.25, -0.2) is 4.39 Å². The number of nitrogens with two attached hydrogens (primary N) is 1. The SMILES string of the molecule is CCCCN(CC)c1ccc(NC(=O)CN)c(F)c1. The standard InChI is InChI=1S/C14H22FN3O/c1-3-5-8-18(4-2)11-6-7-13(12(15)9-11)17-14(19)10-16/h6-7,9H,3-5,8,10,16H2,1-2H3,(H,17,19). The molecule has 3 N–H and O–H groups in total. The topological polar surface area (TPSA) is 58.4 Å². The zero-order valence-electron chi connectivity index (χ0n) is 11.6. The Bertz CT molecular complexity index is 423. The lowest BCUT2D eigenvalue weighted by Crippen LogP contribution is -2.24. The number of carbonyl (C=O) groups excluding carboxylic acids is 1. The molecule has 5 heteroatoms. The fourth-order valence-corrected chi connectivity index (χ4v) is 1.82. The monoisotopic (exact) mass is 267 g/mol. The lowest BCUT2D eigenvalue weighted by atomic mass is 10.2. The molecule has 4 nitrogen and oxygen atoms in total. The number of hydrogen-bond acceptors (Lipinski definition) is 3.